The topological polar surface area (TPSA) is 75.7 Å². The van der Waals surface area contributed by atoms with Crippen molar-refractivity contribution in [1.82, 2.24) is 5.32 Å². The van der Waals surface area contributed by atoms with Crippen LogP contribution in [-0.2, 0) is 14.8 Å². The Bertz CT molecular complexity index is 597. The van der Waals surface area contributed by atoms with E-state index in [1.807, 2.05) is 0 Å². The molecule has 0 aliphatic carbocycles. The van der Waals surface area contributed by atoms with Crippen LogP contribution in [-0.4, -0.2) is 40.3 Å². The van der Waals surface area contributed by atoms with E-state index in [1.54, 1.807) is 31.2 Å². The molecule has 23 heavy (non-hydrogen) atoms. The van der Waals surface area contributed by atoms with Crippen LogP contribution < -0.4 is 14.4 Å². The van der Waals surface area contributed by atoms with E-state index in [4.69, 9.17) is 4.74 Å². The minimum atomic E-state index is -3.30. The van der Waals surface area contributed by atoms with Crippen molar-refractivity contribution in [2.45, 2.75) is 27.2 Å². The molecule has 7 heteroatoms. The van der Waals surface area contributed by atoms with Crippen LogP contribution in [0.15, 0.2) is 24.3 Å². The number of carbonyl (C=O) groups is 1. The maximum Gasteiger partial charge on any atom is 0.257 e. The van der Waals surface area contributed by atoms with E-state index in [0.717, 1.165) is 6.42 Å². The molecule has 0 saturated heterocycles. The average Bonchev–Trinajstić information content (AvgIpc) is 2.45. The number of rotatable bonds is 9. The van der Waals surface area contributed by atoms with E-state index in [2.05, 4.69) is 19.2 Å². The van der Waals surface area contributed by atoms with Gasteiger partial charge in [-0.1, -0.05) is 13.8 Å². The standard InChI is InChI=1S/C16H26N2O4S/c1-5-18(23(4,20)21)14-6-8-15(9-7-14)22-12-16(19)17-11-10-13(2)3/h6-9,13H,5,10-12H2,1-4H3,(H,17,19). The molecule has 0 radical (unpaired) electrons. The van der Waals surface area contributed by atoms with Gasteiger partial charge in [0.1, 0.15) is 5.75 Å². The van der Waals surface area contributed by atoms with Crippen molar-refractivity contribution in [1.29, 1.82) is 0 Å². The van der Waals surface area contributed by atoms with E-state index in [-0.39, 0.29) is 12.5 Å². The van der Waals surface area contributed by atoms with Gasteiger partial charge >= 0.3 is 0 Å². The summed E-state index contributed by atoms with van der Waals surface area (Å²) in [4.78, 5) is 11.6. The van der Waals surface area contributed by atoms with Crippen LogP contribution in [0.4, 0.5) is 5.69 Å². The molecule has 6 nitrogen and oxygen atoms in total. The Morgan fingerprint density at radius 3 is 2.35 bits per heavy atom. The summed E-state index contributed by atoms with van der Waals surface area (Å²) in [6, 6.07) is 6.64. The number of nitrogens with zero attached hydrogens (tertiary/aromatic N) is 1. The molecule has 130 valence electrons. The molecule has 0 heterocycles. The summed E-state index contributed by atoms with van der Waals surface area (Å²) in [5, 5.41) is 2.79. The van der Waals surface area contributed by atoms with Crippen LogP contribution >= 0.6 is 0 Å². The summed E-state index contributed by atoms with van der Waals surface area (Å²) in [6.45, 7) is 6.91. The summed E-state index contributed by atoms with van der Waals surface area (Å²) in [5.41, 5.74) is 0.573. The van der Waals surface area contributed by atoms with Gasteiger partial charge in [-0.15, -0.1) is 0 Å². The molecule has 1 rings (SSSR count). The number of anilines is 1. The lowest BCUT2D eigenvalue weighted by Gasteiger charge is -2.20. The Hall–Kier alpha value is -1.76. The highest BCUT2D eigenvalue weighted by molar-refractivity contribution is 7.92. The zero-order chi connectivity index (χ0) is 17.5. The molecule has 1 aromatic carbocycles. The summed E-state index contributed by atoms with van der Waals surface area (Å²) >= 11 is 0. The highest BCUT2D eigenvalue weighted by atomic mass is 32.2. The quantitative estimate of drug-likeness (QED) is 0.745. The minimum Gasteiger partial charge on any atom is -0.484 e. The fourth-order valence-electron chi connectivity index (χ4n) is 2.02. The molecule has 0 aliphatic heterocycles. The van der Waals surface area contributed by atoms with Crippen molar-refractivity contribution in [3.8, 4) is 5.75 Å². The number of hydrogen-bond donors (Lipinski definition) is 1. The van der Waals surface area contributed by atoms with Gasteiger partial charge < -0.3 is 10.1 Å². The second kappa shape index (κ2) is 8.76. The third kappa shape index (κ3) is 6.90. The highest BCUT2D eigenvalue weighted by Crippen LogP contribution is 2.21. The zero-order valence-electron chi connectivity index (χ0n) is 14.2. The molecular formula is C16H26N2O4S. The lowest BCUT2D eigenvalue weighted by molar-refractivity contribution is -0.123. The van der Waals surface area contributed by atoms with Crippen molar-refractivity contribution < 1.29 is 17.9 Å². The Kier molecular flexibility index (Phi) is 7.35. The Morgan fingerprint density at radius 1 is 1.26 bits per heavy atom. The SMILES string of the molecule is CCN(c1ccc(OCC(=O)NCCC(C)C)cc1)S(C)(=O)=O. The fourth-order valence-corrected chi connectivity index (χ4v) is 2.99. The first-order valence-corrected chi connectivity index (χ1v) is 9.56. The van der Waals surface area contributed by atoms with Gasteiger partial charge in [0.15, 0.2) is 6.61 Å². The summed E-state index contributed by atoms with van der Waals surface area (Å²) in [6.07, 6.45) is 2.10. The van der Waals surface area contributed by atoms with E-state index in [0.29, 0.717) is 30.4 Å². The third-order valence-corrected chi connectivity index (χ3v) is 4.50. The van der Waals surface area contributed by atoms with E-state index in [9.17, 15) is 13.2 Å². The molecule has 1 amide bonds. The molecule has 0 atom stereocenters. The van der Waals surface area contributed by atoms with Crippen LogP contribution in [0, 0.1) is 5.92 Å². The Balaban J connectivity index is 2.53. The Morgan fingerprint density at radius 2 is 1.87 bits per heavy atom. The Labute approximate surface area is 138 Å². The van der Waals surface area contributed by atoms with Crippen molar-refractivity contribution in [3.05, 3.63) is 24.3 Å². The molecule has 1 N–H and O–H groups in total. The van der Waals surface area contributed by atoms with Gasteiger partial charge in [0.05, 0.1) is 11.9 Å². The molecule has 0 saturated carbocycles. The molecule has 0 bridgehead atoms. The van der Waals surface area contributed by atoms with Gasteiger partial charge in [-0.2, -0.15) is 0 Å². The lowest BCUT2D eigenvalue weighted by Crippen LogP contribution is -2.30. The second-order valence-corrected chi connectivity index (χ2v) is 7.65. The maximum absolute atomic E-state index is 11.7. The molecule has 1 aromatic rings. The summed E-state index contributed by atoms with van der Waals surface area (Å²) in [7, 11) is -3.30. The van der Waals surface area contributed by atoms with Crippen LogP contribution in [0.3, 0.4) is 0 Å². The predicted octanol–water partition coefficient (Wildman–Crippen LogP) is 2.01. The van der Waals surface area contributed by atoms with E-state index >= 15 is 0 Å². The number of nitrogens with one attached hydrogen (secondary N) is 1. The predicted molar refractivity (Wildman–Crippen MR) is 92.3 cm³/mol. The number of benzene rings is 1. The first-order valence-electron chi connectivity index (χ1n) is 7.71. The fraction of sp³-hybridized carbons (Fsp3) is 0.562. The largest absolute Gasteiger partial charge is 0.484 e. The third-order valence-electron chi connectivity index (χ3n) is 3.23. The molecule has 0 fully saturated rings. The summed E-state index contributed by atoms with van der Waals surface area (Å²) in [5.74, 6) is 0.901. The van der Waals surface area contributed by atoms with Crippen LogP contribution in [0.5, 0.6) is 5.75 Å². The average molecular weight is 342 g/mol. The van der Waals surface area contributed by atoms with Gasteiger partial charge in [0.25, 0.3) is 5.91 Å². The smallest absolute Gasteiger partial charge is 0.257 e. The van der Waals surface area contributed by atoms with Gasteiger partial charge in [0.2, 0.25) is 10.0 Å². The first kappa shape index (κ1) is 19.3. The maximum atomic E-state index is 11.7. The minimum absolute atomic E-state index is 0.0546. The van der Waals surface area contributed by atoms with Crippen LogP contribution in [0.1, 0.15) is 27.2 Å². The second-order valence-electron chi connectivity index (χ2n) is 5.74. The van der Waals surface area contributed by atoms with Crippen molar-refractivity contribution >= 4 is 21.6 Å². The van der Waals surface area contributed by atoms with Crippen LogP contribution in [0.2, 0.25) is 0 Å². The van der Waals surface area contributed by atoms with Crippen LogP contribution in [0.25, 0.3) is 0 Å². The van der Waals surface area contributed by atoms with Gasteiger partial charge in [0, 0.05) is 13.1 Å². The molecule has 0 unspecified atom stereocenters. The van der Waals surface area contributed by atoms with E-state index < -0.39 is 10.0 Å². The van der Waals surface area contributed by atoms with Crippen molar-refractivity contribution in [2.24, 2.45) is 5.92 Å². The lowest BCUT2D eigenvalue weighted by atomic mass is 10.1. The zero-order valence-corrected chi connectivity index (χ0v) is 15.0. The number of ether oxygens (including phenoxy) is 1. The van der Waals surface area contributed by atoms with Gasteiger partial charge in [-0.3, -0.25) is 9.10 Å². The molecule has 0 aromatic heterocycles. The van der Waals surface area contributed by atoms with Crippen molar-refractivity contribution in [2.75, 3.05) is 30.3 Å². The van der Waals surface area contributed by atoms with Crippen molar-refractivity contribution in [3.63, 3.8) is 0 Å². The number of hydrogen-bond acceptors (Lipinski definition) is 4. The molecule has 0 spiro atoms. The molecular weight excluding hydrogens is 316 g/mol. The number of amides is 1. The highest BCUT2D eigenvalue weighted by Gasteiger charge is 2.15. The number of sulfonamides is 1. The van der Waals surface area contributed by atoms with Gasteiger partial charge in [-0.25, -0.2) is 8.42 Å². The first-order chi connectivity index (χ1) is 10.7. The summed E-state index contributed by atoms with van der Waals surface area (Å²) < 4.78 is 30.0. The monoisotopic (exact) mass is 342 g/mol. The number of carbonyl (C=O) groups excluding carboxylic acids is 1. The van der Waals surface area contributed by atoms with Gasteiger partial charge in [-0.05, 0) is 43.5 Å². The normalized spacial score (nSPS) is 11.3. The van der Waals surface area contributed by atoms with E-state index in [1.165, 1.54) is 10.6 Å². The molecule has 0 aliphatic rings.